The SMILES string of the molecule is CCOC(=O)C1=C(C)N=c2s/c(=C/c3ccc(-c4cc(C(=O)O)ccc4C)o3)c(=O)n2[C@H]1c1ccc(C)cc1. The van der Waals surface area contributed by atoms with Crippen molar-refractivity contribution in [3.8, 4) is 11.3 Å². The summed E-state index contributed by atoms with van der Waals surface area (Å²) >= 11 is 1.21. The van der Waals surface area contributed by atoms with E-state index in [-0.39, 0.29) is 17.7 Å². The van der Waals surface area contributed by atoms with Gasteiger partial charge in [0.15, 0.2) is 4.80 Å². The first-order valence-corrected chi connectivity index (χ1v) is 13.2. The van der Waals surface area contributed by atoms with E-state index in [1.54, 1.807) is 50.3 Å². The highest BCUT2D eigenvalue weighted by molar-refractivity contribution is 7.07. The van der Waals surface area contributed by atoms with Gasteiger partial charge in [0.1, 0.15) is 11.5 Å². The van der Waals surface area contributed by atoms with Gasteiger partial charge in [0.05, 0.1) is 34.0 Å². The van der Waals surface area contributed by atoms with Crippen LogP contribution in [0.5, 0.6) is 0 Å². The molecule has 0 radical (unpaired) electrons. The molecule has 2 aromatic heterocycles. The molecule has 198 valence electrons. The van der Waals surface area contributed by atoms with Gasteiger partial charge in [0.25, 0.3) is 5.56 Å². The number of aromatic carboxylic acids is 1. The summed E-state index contributed by atoms with van der Waals surface area (Å²) in [6.07, 6.45) is 1.64. The van der Waals surface area contributed by atoms with Crippen molar-refractivity contribution >= 4 is 29.4 Å². The number of allylic oxidation sites excluding steroid dienone is 1. The first-order chi connectivity index (χ1) is 18.7. The van der Waals surface area contributed by atoms with Crippen molar-refractivity contribution in [1.29, 1.82) is 0 Å². The van der Waals surface area contributed by atoms with Crippen molar-refractivity contribution in [2.24, 2.45) is 4.99 Å². The lowest BCUT2D eigenvalue weighted by atomic mass is 9.95. The van der Waals surface area contributed by atoms with E-state index < -0.39 is 18.0 Å². The monoisotopic (exact) mass is 542 g/mol. The van der Waals surface area contributed by atoms with Crippen LogP contribution in [0.4, 0.5) is 0 Å². The minimum absolute atomic E-state index is 0.158. The molecule has 0 fully saturated rings. The molecule has 0 unspecified atom stereocenters. The van der Waals surface area contributed by atoms with Crippen molar-refractivity contribution in [3.05, 3.63) is 114 Å². The van der Waals surface area contributed by atoms with Gasteiger partial charge in [0.2, 0.25) is 0 Å². The molecule has 0 amide bonds. The number of rotatable bonds is 6. The number of hydrogen-bond acceptors (Lipinski definition) is 7. The summed E-state index contributed by atoms with van der Waals surface area (Å²) in [5.41, 5.74) is 4.04. The minimum Gasteiger partial charge on any atom is -0.478 e. The molecule has 4 aromatic rings. The first kappa shape index (κ1) is 26.1. The van der Waals surface area contributed by atoms with Gasteiger partial charge in [-0.15, -0.1) is 0 Å². The third kappa shape index (κ3) is 4.88. The van der Waals surface area contributed by atoms with E-state index in [1.165, 1.54) is 15.9 Å². The molecule has 0 bridgehead atoms. The molecule has 5 rings (SSSR count). The fourth-order valence-corrected chi connectivity index (χ4v) is 5.61. The van der Waals surface area contributed by atoms with Crippen molar-refractivity contribution in [1.82, 2.24) is 4.57 Å². The Morgan fingerprint density at radius 2 is 1.85 bits per heavy atom. The first-order valence-electron chi connectivity index (χ1n) is 12.4. The van der Waals surface area contributed by atoms with Crippen LogP contribution in [-0.2, 0) is 9.53 Å². The van der Waals surface area contributed by atoms with E-state index in [1.807, 2.05) is 38.1 Å². The molecule has 0 spiro atoms. The van der Waals surface area contributed by atoms with Crippen molar-refractivity contribution in [2.75, 3.05) is 6.61 Å². The third-order valence-electron chi connectivity index (χ3n) is 6.56. The normalized spacial score (nSPS) is 15.2. The van der Waals surface area contributed by atoms with Crippen molar-refractivity contribution in [3.63, 3.8) is 0 Å². The molecular weight excluding hydrogens is 516 g/mol. The second-order valence-corrected chi connectivity index (χ2v) is 10.3. The molecule has 2 aromatic carbocycles. The Morgan fingerprint density at radius 3 is 2.54 bits per heavy atom. The number of aryl methyl sites for hydroxylation is 2. The van der Waals surface area contributed by atoms with E-state index >= 15 is 0 Å². The van der Waals surface area contributed by atoms with Gasteiger partial charge in [0, 0.05) is 11.6 Å². The number of carbonyl (C=O) groups is 2. The van der Waals surface area contributed by atoms with Gasteiger partial charge >= 0.3 is 11.9 Å². The highest BCUT2D eigenvalue weighted by Crippen LogP contribution is 2.31. The molecule has 1 atom stereocenters. The molecule has 39 heavy (non-hydrogen) atoms. The van der Waals surface area contributed by atoms with E-state index in [9.17, 15) is 19.5 Å². The average Bonchev–Trinajstić information content (AvgIpc) is 3.48. The summed E-state index contributed by atoms with van der Waals surface area (Å²) in [4.78, 5) is 43.2. The molecule has 1 aliphatic rings. The molecule has 3 heterocycles. The number of furan rings is 1. The van der Waals surface area contributed by atoms with Crippen LogP contribution in [0.25, 0.3) is 17.4 Å². The largest absolute Gasteiger partial charge is 0.478 e. The van der Waals surface area contributed by atoms with Crippen LogP contribution in [0.15, 0.2) is 80.1 Å². The zero-order valence-electron chi connectivity index (χ0n) is 21.8. The van der Waals surface area contributed by atoms with Crippen LogP contribution >= 0.6 is 11.3 Å². The van der Waals surface area contributed by atoms with Crippen LogP contribution < -0.4 is 14.9 Å². The van der Waals surface area contributed by atoms with Crippen LogP contribution in [0.1, 0.15) is 52.7 Å². The van der Waals surface area contributed by atoms with Crippen LogP contribution in [0.3, 0.4) is 0 Å². The number of nitrogens with zero attached hydrogens (tertiary/aromatic N) is 2. The van der Waals surface area contributed by atoms with E-state index in [0.29, 0.717) is 37.7 Å². The standard InChI is InChI=1S/C30H26N2O6S/c1-5-37-29(36)25-18(4)31-30-32(26(25)19-9-6-16(2)7-10-19)27(33)24(39-30)15-21-12-13-23(38-21)22-14-20(28(34)35)11-8-17(22)3/h6-15,26H,5H2,1-4H3,(H,34,35)/b24-15+/t26-/m0/s1. The Bertz CT molecular complexity index is 1820. The molecule has 8 nitrogen and oxygen atoms in total. The molecule has 9 heteroatoms. The summed E-state index contributed by atoms with van der Waals surface area (Å²) in [6.45, 7) is 7.53. The number of thiazole rings is 1. The van der Waals surface area contributed by atoms with Gasteiger partial charge in [-0.05, 0) is 63.1 Å². The number of fused-ring (bicyclic) bond motifs is 1. The predicted molar refractivity (Wildman–Crippen MR) is 147 cm³/mol. The molecule has 0 aliphatic carbocycles. The van der Waals surface area contributed by atoms with E-state index in [4.69, 9.17) is 9.15 Å². The number of ether oxygens (including phenoxy) is 1. The second kappa shape index (κ2) is 10.3. The summed E-state index contributed by atoms with van der Waals surface area (Å²) in [7, 11) is 0. The number of aromatic nitrogens is 1. The summed E-state index contributed by atoms with van der Waals surface area (Å²) in [6, 6.07) is 15.3. The number of hydrogen-bond donors (Lipinski definition) is 1. The number of esters is 1. The molecule has 0 saturated carbocycles. The van der Waals surface area contributed by atoms with Crippen LogP contribution in [0.2, 0.25) is 0 Å². The van der Waals surface area contributed by atoms with E-state index in [0.717, 1.165) is 16.7 Å². The van der Waals surface area contributed by atoms with Crippen molar-refractivity contribution < 1.29 is 23.8 Å². The Morgan fingerprint density at radius 1 is 1.10 bits per heavy atom. The van der Waals surface area contributed by atoms with Crippen LogP contribution in [-0.4, -0.2) is 28.2 Å². The highest BCUT2D eigenvalue weighted by Gasteiger charge is 2.33. The molecule has 1 aliphatic heterocycles. The maximum absolute atomic E-state index is 13.8. The predicted octanol–water partition coefficient (Wildman–Crippen LogP) is 4.37. The fraction of sp³-hybridized carbons (Fsp3) is 0.200. The quantitative estimate of drug-likeness (QED) is 0.362. The van der Waals surface area contributed by atoms with E-state index in [2.05, 4.69) is 4.99 Å². The Hall–Kier alpha value is -4.50. The van der Waals surface area contributed by atoms with Crippen LogP contribution in [0, 0.1) is 13.8 Å². The maximum atomic E-state index is 13.8. The average molecular weight is 543 g/mol. The zero-order chi connectivity index (χ0) is 27.8. The number of carboxylic acids is 1. The lowest BCUT2D eigenvalue weighted by Gasteiger charge is -2.24. The van der Waals surface area contributed by atoms with Gasteiger partial charge in [-0.1, -0.05) is 47.2 Å². The third-order valence-corrected chi connectivity index (χ3v) is 7.54. The Labute approximate surface area is 227 Å². The number of carboxylic acid groups (broad SMARTS) is 1. The van der Waals surface area contributed by atoms with Gasteiger partial charge in [-0.25, -0.2) is 14.6 Å². The van der Waals surface area contributed by atoms with Crippen molar-refractivity contribution in [2.45, 2.75) is 33.7 Å². The lowest BCUT2D eigenvalue weighted by Crippen LogP contribution is -2.39. The topological polar surface area (TPSA) is 111 Å². The number of benzene rings is 2. The second-order valence-electron chi connectivity index (χ2n) is 9.25. The Kier molecular flexibility index (Phi) is 6.93. The van der Waals surface area contributed by atoms with Gasteiger partial charge in [-0.2, -0.15) is 0 Å². The lowest BCUT2D eigenvalue weighted by molar-refractivity contribution is -0.139. The van der Waals surface area contributed by atoms with Gasteiger partial charge < -0.3 is 14.3 Å². The molecule has 1 N–H and O–H groups in total. The fourth-order valence-electron chi connectivity index (χ4n) is 4.58. The summed E-state index contributed by atoms with van der Waals surface area (Å²) in [5.74, 6) is -0.603. The molecular formula is C30H26N2O6S. The maximum Gasteiger partial charge on any atom is 0.338 e. The zero-order valence-corrected chi connectivity index (χ0v) is 22.7. The summed E-state index contributed by atoms with van der Waals surface area (Å²) < 4.78 is 13.3. The smallest absolute Gasteiger partial charge is 0.338 e. The highest BCUT2D eigenvalue weighted by atomic mass is 32.1. The number of carbonyl (C=O) groups excluding carboxylic acids is 1. The van der Waals surface area contributed by atoms with Gasteiger partial charge in [-0.3, -0.25) is 9.36 Å². The Balaban J connectivity index is 1.62. The minimum atomic E-state index is -1.02. The molecule has 0 saturated heterocycles. The summed E-state index contributed by atoms with van der Waals surface area (Å²) in [5, 5.41) is 9.36.